The van der Waals surface area contributed by atoms with Crippen molar-refractivity contribution in [2.45, 2.75) is 25.7 Å². The molecule has 2 rings (SSSR count). The second kappa shape index (κ2) is 7.28. The van der Waals surface area contributed by atoms with Crippen molar-refractivity contribution in [2.75, 3.05) is 6.61 Å². The lowest BCUT2D eigenvalue weighted by atomic mass is 10.1. The fourth-order valence-corrected chi connectivity index (χ4v) is 2.78. The van der Waals surface area contributed by atoms with Crippen LogP contribution in [-0.4, -0.2) is 20.7 Å². The molecular weight excluding hydrogens is 312 g/mol. The second-order valence-corrected chi connectivity index (χ2v) is 6.72. The van der Waals surface area contributed by atoms with Crippen molar-refractivity contribution >= 4 is 15.7 Å². The molecule has 5 nitrogen and oxygen atoms in total. The Bertz CT molecular complexity index is 780. The van der Waals surface area contributed by atoms with E-state index < -0.39 is 10.0 Å². The van der Waals surface area contributed by atoms with Crippen LogP contribution >= 0.6 is 0 Å². The van der Waals surface area contributed by atoms with Crippen molar-refractivity contribution < 1.29 is 13.2 Å². The summed E-state index contributed by atoms with van der Waals surface area (Å²) in [5.74, 6) is 0.630. The van der Waals surface area contributed by atoms with Crippen molar-refractivity contribution in [1.82, 2.24) is 4.83 Å². The number of hydrazone groups is 1. The van der Waals surface area contributed by atoms with Crippen LogP contribution in [0.15, 0.2) is 58.5 Å². The summed E-state index contributed by atoms with van der Waals surface area (Å²) in [5, 5.41) is 3.98. The van der Waals surface area contributed by atoms with Crippen LogP contribution in [0.4, 0.5) is 0 Å². The number of nitrogens with zero attached hydrogens (tertiary/aromatic N) is 1. The molecule has 0 saturated heterocycles. The first-order valence-electron chi connectivity index (χ1n) is 7.28. The van der Waals surface area contributed by atoms with Crippen molar-refractivity contribution in [2.24, 2.45) is 5.10 Å². The van der Waals surface area contributed by atoms with E-state index in [9.17, 15) is 8.42 Å². The van der Waals surface area contributed by atoms with E-state index in [0.29, 0.717) is 18.1 Å². The Morgan fingerprint density at radius 1 is 1.09 bits per heavy atom. The first-order valence-corrected chi connectivity index (χ1v) is 8.76. The maximum absolute atomic E-state index is 12.2. The molecule has 0 unspecified atom stereocenters. The number of hydrogen-bond acceptors (Lipinski definition) is 4. The predicted molar refractivity (Wildman–Crippen MR) is 91.3 cm³/mol. The van der Waals surface area contributed by atoms with E-state index in [4.69, 9.17) is 4.74 Å². The predicted octanol–water partition coefficient (Wildman–Crippen LogP) is 3.10. The number of rotatable bonds is 6. The molecule has 0 aliphatic rings. The van der Waals surface area contributed by atoms with Crippen molar-refractivity contribution in [3.05, 3.63) is 59.7 Å². The van der Waals surface area contributed by atoms with Gasteiger partial charge in [-0.15, -0.1) is 0 Å². The highest BCUT2D eigenvalue weighted by molar-refractivity contribution is 7.89. The normalized spacial score (nSPS) is 12.0. The molecule has 0 radical (unpaired) electrons. The molecule has 23 heavy (non-hydrogen) atoms. The minimum atomic E-state index is -3.70. The Morgan fingerprint density at radius 2 is 1.70 bits per heavy atom. The van der Waals surface area contributed by atoms with Crippen LogP contribution in [0.2, 0.25) is 0 Å². The Kier molecular flexibility index (Phi) is 5.39. The summed E-state index contributed by atoms with van der Waals surface area (Å²) in [6.45, 7) is 6.15. The maximum Gasteiger partial charge on any atom is 0.276 e. The van der Waals surface area contributed by atoms with Crippen LogP contribution < -0.4 is 9.57 Å². The molecule has 0 heterocycles. The third kappa shape index (κ3) is 4.56. The largest absolute Gasteiger partial charge is 0.494 e. The van der Waals surface area contributed by atoms with Gasteiger partial charge in [-0.3, -0.25) is 0 Å². The molecule has 0 atom stereocenters. The number of benzene rings is 2. The topological polar surface area (TPSA) is 67.8 Å². The zero-order valence-corrected chi connectivity index (χ0v) is 14.2. The van der Waals surface area contributed by atoms with Crippen LogP contribution in [0, 0.1) is 6.92 Å². The SMILES string of the molecule is CCOc1ccc(S(=O)(=O)NN=C(C)c2ccc(C)cc2)cc1. The molecule has 6 heteroatoms. The van der Waals surface area contributed by atoms with Crippen molar-refractivity contribution in [3.8, 4) is 5.75 Å². The van der Waals surface area contributed by atoms with Crippen LogP contribution in [0.3, 0.4) is 0 Å². The van der Waals surface area contributed by atoms with E-state index >= 15 is 0 Å². The van der Waals surface area contributed by atoms with E-state index in [0.717, 1.165) is 11.1 Å². The molecule has 0 bridgehead atoms. The number of sulfonamides is 1. The fraction of sp³-hybridized carbons (Fsp3) is 0.235. The van der Waals surface area contributed by atoms with E-state index in [1.54, 1.807) is 19.1 Å². The number of ether oxygens (including phenoxy) is 1. The van der Waals surface area contributed by atoms with Gasteiger partial charge < -0.3 is 4.74 Å². The molecule has 0 amide bonds. The molecule has 122 valence electrons. The maximum atomic E-state index is 12.2. The molecule has 0 aliphatic heterocycles. The number of hydrogen-bond donors (Lipinski definition) is 1. The van der Waals surface area contributed by atoms with Gasteiger partial charge in [0.25, 0.3) is 10.0 Å². The molecule has 0 spiro atoms. The summed E-state index contributed by atoms with van der Waals surface area (Å²) in [4.78, 5) is 2.40. The minimum absolute atomic E-state index is 0.140. The van der Waals surface area contributed by atoms with E-state index in [-0.39, 0.29) is 4.90 Å². The third-order valence-electron chi connectivity index (χ3n) is 3.25. The fourth-order valence-electron chi connectivity index (χ4n) is 1.92. The Labute approximate surface area is 137 Å². The lowest BCUT2D eigenvalue weighted by molar-refractivity contribution is 0.340. The third-order valence-corrected chi connectivity index (χ3v) is 4.47. The smallest absolute Gasteiger partial charge is 0.276 e. The van der Waals surface area contributed by atoms with Gasteiger partial charge in [-0.2, -0.15) is 18.4 Å². The van der Waals surface area contributed by atoms with Gasteiger partial charge in [0.2, 0.25) is 0 Å². The highest BCUT2D eigenvalue weighted by atomic mass is 32.2. The quantitative estimate of drug-likeness (QED) is 0.653. The lowest BCUT2D eigenvalue weighted by Crippen LogP contribution is -2.19. The summed E-state index contributed by atoms with van der Waals surface area (Å²) in [6, 6.07) is 13.9. The Hall–Kier alpha value is -2.34. The summed E-state index contributed by atoms with van der Waals surface area (Å²) in [5.41, 5.74) is 2.60. The second-order valence-electron chi connectivity index (χ2n) is 5.06. The molecule has 2 aromatic carbocycles. The highest BCUT2D eigenvalue weighted by Crippen LogP contribution is 2.16. The van der Waals surface area contributed by atoms with Gasteiger partial charge in [-0.1, -0.05) is 29.8 Å². The zero-order valence-electron chi connectivity index (χ0n) is 13.4. The zero-order chi connectivity index (χ0) is 16.9. The molecule has 1 N–H and O–H groups in total. The van der Waals surface area contributed by atoms with Gasteiger partial charge in [-0.05, 0) is 50.6 Å². The highest BCUT2D eigenvalue weighted by Gasteiger charge is 2.13. The average Bonchev–Trinajstić information content (AvgIpc) is 2.54. The molecule has 0 saturated carbocycles. The molecular formula is C17H20N2O3S. The monoisotopic (exact) mass is 332 g/mol. The summed E-state index contributed by atoms with van der Waals surface area (Å²) in [6.07, 6.45) is 0. The molecule has 0 aliphatic carbocycles. The molecule has 0 fully saturated rings. The van der Waals surface area contributed by atoms with E-state index in [1.165, 1.54) is 12.1 Å². The number of nitrogens with one attached hydrogen (secondary N) is 1. The van der Waals surface area contributed by atoms with Gasteiger partial charge in [0, 0.05) is 0 Å². The first-order chi connectivity index (χ1) is 10.9. The molecule has 0 aromatic heterocycles. The number of aryl methyl sites for hydroxylation is 1. The molecule has 2 aromatic rings. The average molecular weight is 332 g/mol. The van der Waals surface area contributed by atoms with Crippen LogP contribution in [0.25, 0.3) is 0 Å². The van der Waals surface area contributed by atoms with Gasteiger partial charge >= 0.3 is 0 Å². The lowest BCUT2D eigenvalue weighted by Gasteiger charge is -2.07. The minimum Gasteiger partial charge on any atom is -0.494 e. The van der Waals surface area contributed by atoms with Gasteiger partial charge in [0.15, 0.2) is 0 Å². The first kappa shape index (κ1) is 17.0. The Morgan fingerprint density at radius 3 is 2.26 bits per heavy atom. The van der Waals surface area contributed by atoms with Crippen molar-refractivity contribution in [1.29, 1.82) is 0 Å². The van der Waals surface area contributed by atoms with E-state index in [1.807, 2.05) is 38.1 Å². The van der Waals surface area contributed by atoms with Crippen LogP contribution in [-0.2, 0) is 10.0 Å². The van der Waals surface area contributed by atoms with Crippen LogP contribution in [0.1, 0.15) is 25.0 Å². The standard InChI is InChI=1S/C17H20N2O3S/c1-4-22-16-9-11-17(12-10-16)23(20,21)19-18-14(3)15-7-5-13(2)6-8-15/h5-12,19H,4H2,1-3H3. The summed E-state index contributed by atoms with van der Waals surface area (Å²) in [7, 11) is -3.70. The van der Waals surface area contributed by atoms with E-state index in [2.05, 4.69) is 9.93 Å². The summed E-state index contributed by atoms with van der Waals surface area (Å²) < 4.78 is 29.8. The summed E-state index contributed by atoms with van der Waals surface area (Å²) >= 11 is 0. The van der Waals surface area contributed by atoms with Gasteiger partial charge in [-0.25, -0.2) is 0 Å². The van der Waals surface area contributed by atoms with Gasteiger partial charge in [0.1, 0.15) is 5.75 Å². The van der Waals surface area contributed by atoms with Crippen LogP contribution in [0.5, 0.6) is 5.75 Å². The Balaban J connectivity index is 2.14. The van der Waals surface area contributed by atoms with Gasteiger partial charge in [0.05, 0.1) is 17.2 Å². The van der Waals surface area contributed by atoms with Crippen molar-refractivity contribution in [3.63, 3.8) is 0 Å².